The van der Waals surface area contributed by atoms with Crippen molar-refractivity contribution in [1.82, 2.24) is 0 Å². The van der Waals surface area contributed by atoms with E-state index < -0.39 is 7.14 Å². The van der Waals surface area contributed by atoms with Crippen LogP contribution in [0.25, 0.3) is 0 Å². The van der Waals surface area contributed by atoms with Crippen molar-refractivity contribution >= 4 is 23.4 Å². The average molecular weight is 307 g/mol. The third-order valence-electron chi connectivity index (χ3n) is 3.63. The Bertz CT molecular complexity index is 714. The van der Waals surface area contributed by atoms with Crippen molar-refractivity contribution in [1.29, 1.82) is 0 Å². The minimum atomic E-state index is -2.70. The fourth-order valence-electron chi connectivity index (χ4n) is 2.43. The Morgan fingerprint density at radius 1 is 0.636 bits per heavy atom. The largest absolute Gasteiger partial charge is 0.377 e. The van der Waals surface area contributed by atoms with Crippen molar-refractivity contribution < 1.29 is 4.57 Å². The van der Waals surface area contributed by atoms with Crippen LogP contribution in [0.1, 0.15) is 0 Å². The quantitative estimate of drug-likeness (QED) is 0.720. The second-order valence-corrected chi connectivity index (χ2v) is 7.94. The number of nitrogens with one attached hydrogen (secondary N) is 1. The van der Waals surface area contributed by atoms with Gasteiger partial charge in [-0.3, -0.25) is 0 Å². The zero-order chi connectivity index (χ0) is 15.3. The molecule has 0 saturated heterocycles. The van der Waals surface area contributed by atoms with Crippen molar-refractivity contribution in [3.8, 4) is 0 Å². The molecule has 3 aromatic rings. The van der Waals surface area contributed by atoms with E-state index in [0.717, 1.165) is 16.3 Å². The van der Waals surface area contributed by atoms with Crippen molar-refractivity contribution in [3.63, 3.8) is 0 Å². The summed E-state index contributed by atoms with van der Waals surface area (Å²) in [6.07, 6.45) is 0.408. The molecule has 0 unspecified atom stereocenters. The Labute approximate surface area is 131 Å². The Morgan fingerprint density at radius 2 is 1.05 bits per heavy atom. The maximum Gasteiger partial charge on any atom is 0.161 e. The molecule has 0 saturated carbocycles. The highest BCUT2D eigenvalue weighted by atomic mass is 31.2. The average Bonchev–Trinajstić information content (AvgIpc) is 2.62. The zero-order valence-corrected chi connectivity index (χ0v) is 13.1. The predicted octanol–water partition coefficient (Wildman–Crippen LogP) is 4.07. The molecule has 0 fully saturated rings. The minimum Gasteiger partial charge on any atom is -0.377 e. The molecule has 3 rings (SSSR count). The van der Waals surface area contributed by atoms with Crippen LogP contribution < -0.4 is 15.9 Å². The second kappa shape index (κ2) is 6.64. The van der Waals surface area contributed by atoms with Gasteiger partial charge in [-0.1, -0.05) is 78.9 Å². The minimum absolute atomic E-state index is 0.408. The summed E-state index contributed by atoms with van der Waals surface area (Å²) in [5, 5.41) is 5.08. The molecule has 3 heteroatoms. The lowest BCUT2D eigenvalue weighted by atomic mass is 10.3. The van der Waals surface area contributed by atoms with Crippen LogP contribution >= 0.6 is 7.14 Å². The fourth-order valence-corrected chi connectivity index (χ4v) is 4.80. The van der Waals surface area contributed by atoms with Crippen LogP contribution in [0.2, 0.25) is 0 Å². The molecule has 22 heavy (non-hydrogen) atoms. The summed E-state index contributed by atoms with van der Waals surface area (Å²) in [7, 11) is -2.70. The molecule has 2 nitrogen and oxygen atoms in total. The van der Waals surface area contributed by atoms with Crippen molar-refractivity contribution in [3.05, 3.63) is 91.0 Å². The van der Waals surface area contributed by atoms with E-state index in [9.17, 15) is 4.57 Å². The van der Waals surface area contributed by atoms with E-state index in [1.54, 1.807) is 0 Å². The van der Waals surface area contributed by atoms with Gasteiger partial charge in [-0.25, -0.2) is 0 Å². The van der Waals surface area contributed by atoms with Crippen LogP contribution in [0.3, 0.4) is 0 Å². The smallest absolute Gasteiger partial charge is 0.161 e. The summed E-state index contributed by atoms with van der Waals surface area (Å²) in [6, 6.07) is 29.3. The zero-order valence-electron chi connectivity index (χ0n) is 12.2. The molecule has 0 radical (unpaired) electrons. The molecule has 0 spiro atoms. The monoisotopic (exact) mass is 307 g/mol. The summed E-state index contributed by atoms with van der Waals surface area (Å²) >= 11 is 0. The van der Waals surface area contributed by atoms with Crippen LogP contribution in [-0.4, -0.2) is 6.29 Å². The van der Waals surface area contributed by atoms with Gasteiger partial charge in [0.2, 0.25) is 0 Å². The topological polar surface area (TPSA) is 29.1 Å². The van der Waals surface area contributed by atoms with Gasteiger partial charge in [-0.15, -0.1) is 0 Å². The third kappa shape index (κ3) is 3.13. The molecule has 0 bridgehead atoms. The highest BCUT2D eigenvalue weighted by molar-refractivity contribution is 7.78. The van der Waals surface area contributed by atoms with E-state index in [1.807, 2.05) is 91.0 Å². The summed E-state index contributed by atoms with van der Waals surface area (Å²) < 4.78 is 13.7. The number of rotatable bonds is 5. The molecular formula is C19H18NOP. The van der Waals surface area contributed by atoms with E-state index in [2.05, 4.69) is 5.32 Å². The van der Waals surface area contributed by atoms with E-state index in [-0.39, 0.29) is 0 Å². The van der Waals surface area contributed by atoms with E-state index >= 15 is 0 Å². The van der Waals surface area contributed by atoms with Gasteiger partial charge in [0.25, 0.3) is 0 Å². The first-order valence-electron chi connectivity index (χ1n) is 7.28. The molecule has 3 aromatic carbocycles. The first-order valence-corrected chi connectivity index (χ1v) is 9.17. The molecule has 0 aliphatic carbocycles. The molecule has 0 atom stereocenters. The van der Waals surface area contributed by atoms with Gasteiger partial charge in [0.1, 0.15) is 0 Å². The van der Waals surface area contributed by atoms with Crippen LogP contribution in [0.15, 0.2) is 91.0 Å². The summed E-state index contributed by atoms with van der Waals surface area (Å²) in [5.41, 5.74) is 0.981. The lowest BCUT2D eigenvalue weighted by Gasteiger charge is -2.20. The molecule has 0 aliphatic heterocycles. The SMILES string of the molecule is O=P(CNc1ccccc1)(c1ccccc1)c1ccccc1. The number of hydrogen-bond acceptors (Lipinski definition) is 2. The molecule has 0 aromatic heterocycles. The number of benzene rings is 3. The molecule has 1 N–H and O–H groups in total. The van der Waals surface area contributed by atoms with Crippen LogP contribution in [-0.2, 0) is 4.57 Å². The summed E-state index contributed by atoms with van der Waals surface area (Å²) in [5.74, 6) is 0. The van der Waals surface area contributed by atoms with E-state index in [4.69, 9.17) is 0 Å². The van der Waals surface area contributed by atoms with Crippen LogP contribution in [0.4, 0.5) is 5.69 Å². The van der Waals surface area contributed by atoms with Gasteiger partial charge in [0.15, 0.2) is 7.14 Å². The molecule has 0 amide bonds. The predicted molar refractivity (Wildman–Crippen MR) is 94.7 cm³/mol. The van der Waals surface area contributed by atoms with Gasteiger partial charge >= 0.3 is 0 Å². The lowest BCUT2D eigenvalue weighted by Crippen LogP contribution is -2.21. The second-order valence-electron chi connectivity index (χ2n) is 5.11. The Hall–Kier alpha value is -2.31. The standard InChI is InChI=1S/C19H18NOP/c21-22(18-12-6-2-7-13-18,19-14-8-3-9-15-19)16-20-17-10-4-1-5-11-17/h1-15,20H,16H2. The van der Waals surface area contributed by atoms with Gasteiger partial charge in [-0.2, -0.15) is 0 Å². The normalized spacial score (nSPS) is 11.1. The number of para-hydroxylation sites is 1. The van der Waals surface area contributed by atoms with Crippen molar-refractivity contribution in [2.45, 2.75) is 0 Å². The summed E-state index contributed by atoms with van der Waals surface area (Å²) in [4.78, 5) is 0. The Balaban J connectivity index is 1.95. The molecule has 0 heterocycles. The fraction of sp³-hybridized carbons (Fsp3) is 0.0526. The van der Waals surface area contributed by atoms with Gasteiger partial charge in [0.05, 0.1) is 6.29 Å². The highest BCUT2D eigenvalue weighted by Gasteiger charge is 2.26. The first kappa shape index (κ1) is 14.6. The lowest BCUT2D eigenvalue weighted by molar-refractivity contribution is 0.588. The molecule has 110 valence electrons. The maximum absolute atomic E-state index is 13.7. The molecular weight excluding hydrogens is 289 g/mol. The van der Waals surface area contributed by atoms with Crippen molar-refractivity contribution in [2.75, 3.05) is 11.6 Å². The van der Waals surface area contributed by atoms with Gasteiger partial charge in [0, 0.05) is 16.3 Å². The first-order chi connectivity index (χ1) is 10.8. The number of hydrogen-bond donors (Lipinski definition) is 1. The third-order valence-corrected chi connectivity index (χ3v) is 6.49. The summed E-state index contributed by atoms with van der Waals surface area (Å²) in [6.45, 7) is 0. The number of anilines is 1. The van der Waals surface area contributed by atoms with Gasteiger partial charge in [-0.05, 0) is 12.1 Å². The Morgan fingerprint density at radius 3 is 1.50 bits per heavy atom. The maximum atomic E-state index is 13.7. The highest BCUT2D eigenvalue weighted by Crippen LogP contribution is 2.42. The Kier molecular flexibility index (Phi) is 4.41. The van der Waals surface area contributed by atoms with Crippen LogP contribution in [0.5, 0.6) is 0 Å². The van der Waals surface area contributed by atoms with E-state index in [0.29, 0.717) is 6.29 Å². The van der Waals surface area contributed by atoms with Crippen molar-refractivity contribution in [2.24, 2.45) is 0 Å². The van der Waals surface area contributed by atoms with E-state index in [1.165, 1.54) is 0 Å². The molecule has 0 aliphatic rings. The van der Waals surface area contributed by atoms with Gasteiger partial charge < -0.3 is 9.88 Å². The van der Waals surface area contributed by atoms with Crippen LogP contribution in [0, 0.1) is 0 Å².